The minimum absolute atomic E-state index is 0.00743. The smallest absolute Gasteiger partial charge is 0.408 e. The molecule has 5 amide bonds. The first-order valence-electron chi connectivity index (χ1n) is 17.5. The SMILES string of the molecule is CC(C)[C@@H](NC(=O)OCc1ccccc1)C(=O)OCN1C(=O)CCC(N2Cc3c(CNC(=O)C(=O)c4ccc(C(C)(C)C)cc4)cccc3C2=O)C1=O. The monoisotopic (exact) mass is 724 g/mol. The number of carbonyl (C=O) groups is 7. The second-order valence-corrected chi connectivity index (χ2v) is 14.5. The van der Waals surface area contributed by atoms with Crippen LogP contribution in [0.15, 0.2) is 72.8 Å². The van der Waals surface area contributed by atoms with Gasteiger partial charge in [-0.3, -0.25) is 24.0 Å². The summed E-state index contributed by atoms with van der Waals surface area (Å²) in [5.74, 6) is -4.46. The Morgan fingerprint density at radius 2 is 1.58 bits per heavy atom. The predicted octanol–water partition coefficient (Wildman–Crippen LogP) is 4.41. The Hall–Kier alpha value is -5.85. The van der Waals surface area contributed by atoms with Gasteiger partial charge >= 0.3 is 12.1 Å². The van der Waals surface area contributed by atoms with E-state index in [2.05, 4.69) is 31.4 Å². The molecule has 3 aromatic rings. The summed E-state index contributed by atoms with van der Waals surface area (Å²) in [5, 5.41) is 5.14. The molecule has 1 fully saturated rings. The number of nitrogens with one attached hydrogen (secondary N) is 2. The molecule has 5 rings (SSSR count). The van der Waals surface area contributed by atoms with Crippen molar-refractivity contribution in [3.05, 3.63) is 106 Å². The van der Waals surface area contributed by atoms with Gasteiger partial charge in [0.25, 0.3) is 17.7 Å². The lowest BCUT2D eigenvalue weighted by Gasteiger charge is -2.35. The average Bonchev–Trinajstić information content (AvgIpc) is 3.47. The molecule has 0 saturated carbocycles. The third-order valence-corrected chi connectivity index (χ3v) is 9.35. The first-order valence-corrected chi connectivity index (χ1v) is 17.5. The zero-order valence-electron chi connectivity index (χ0n) is 30.5. The maximum atomic E-state index is 13.7. The molecule has 13 nitrogen and oxygen atoms in total. The molecule has 2 N–H and O–H groups in total. The number of piperidine rings is 1. The van der Waals surface area contributed by atoms with Crippen molar-refractivity contribution in [1.29, 1.82) is 0 Å². The molecule has 2 heterocycles. The number of likely N-dealkylation sites (tertiary alicyclic amines) is 1. The van der Waals surface area contributed by atoms with Crippen molar-refractivity contribution in [2.45, 2.75) is 84.7 Å². The van der Waals surface area contributed by atoms with Crippen LogP contribution in [0.2, 0.25) is 0 Å². The molecule has 1 unspecified atom stereocenters. The van der Waals surface area contributed by atoms with Crippen molar-refractivity contribution in [2.75, 3.05) is 6.73 Å². The zero-order chi connectivity index (χ0) is 38.4. The van der Waals surface area contributed by atoms with E-state index in [0.29, 0.717) is 16.7 Å². The Morgan fingerprint density at radius 3 is 2.25 bits per heavy atom. The third-order valence-electron chi connectivity index (χ3n) is 9.35. The summed E-state index contributed by atoms with van der Waals surface area (Å²) >= 11 is 0. The summed E-state index contributed by atoms with van der Waals surface area (Å²) in [6.07, 6.45) is -0.842. The fraction of sp³-hybridized carbons (Fsp3) is 0.375. The summed E-state index contributed by atoms with van der Waals surface area (Å²) in [6, 6.07) is 18.8. The highest BCUT2D eigenvalue weighted by molar-refractivity contribution is 6.42. The number of hydrogen-bond donors (Lipinski definition) is 2. The number of amides is 5. The number of hydrogen-bond acceptors (Lipinski definition) is 9. The number of fused-ring (bicyclic) bond motifs is 1. The van der Waals surface area contributed by atoms with E-state index in [-0.39, 0.29) is 43.5 Å². The van der Waals surface area contributed by atoms with Gasteiger partial charge in [0.2, 0.25) is 11.7 Å². The van der Waals surface area contributed by atoms with E-state index >= 15 is 0 Å². The van der Waals surface area contributed by atoms with E-state index in [1.165, 1.54) is 4.90 Å². The molecular formula is C40H44N4O9. The van der Waals surface area contributed by atoms with E-state index in [0.717, 1.165) is 16.0 Å². The molecule has 0 radical (unpaired) electrons. The Morgan fingerprint density at radius 1 is 0.887 bits per heavy atom. The molecule has 13 heteroatoms. The number of imide groups is 1. The third kappa shape index (κ3) is 8.97. The highest BCUT2D eigenvalue weighted by Crippen LogP contribution is 2.31. The summed E-state index contributed by atoms with van der Waals surface area (Å²) in [6.45, 7) is 8.83. The van der Waals surface area contributed by atoms with Gasteiger partial charge in [0.05, 0.1) is 0 Å². The minimum Gasteiger partial charge on any atom is -0.445 e. The second-order valence-electron chi connectivity index (χ2n) is 14.5. The van der Waals surface area contributed by atoms with Gasteiger partial charge in [0, 0.05) is 30.6 Å². The second kappa shape index (κ2) is 16.2. The number of rotatable bonds is 12. The molecule has 3 aromatic carbocycles. The molecule has 53 heavy (non-hydrogen) atoms. The lowest BCUT2D eigenvalue weighted by molar-refractivity contribution is -0.165. The first-order chi connectivity index (χ1) is 25.1. The normalized spacial score (nSPS) is 16.3. The first kappa shape index (κ1) is 38.4. The maximum Gasteiger partial charge on any atom is 0.408 e. The van der Waals surface area contributed by atoms with Crippen LogP contribution in [0.5, 0.6) is 0 Å². The number of ketones is 1. The number of esters is 1. The van der Waals surface area contributed by atoms with Gasteiger partial charge < -0.3 is 25.0 Å². The molecule has 0 aromatic heterocycles. The molecule has 0 spiro atoms. The Bertz CT molecular complexity index is 1900. The number of nitrogens with zero attached hydrogens (tertiary/aromatic N) is 2. The molecule has 1 saturated heterocycles. The van der Waals surface area contributed by atoms with Gasteiger partial charge in [0.1, 0.15) is 18.7 Å². The average molecular weight is 725 g/mol. The van der Waals surface area contributed by atoms with Gasteiger partial charge in [0.15, 0.2) is 6.73 Å². The van der Waals surface area contributed by atoms with E-state index in [1.54, 1.807) is 68.4 Å². The van der Waals surface area contributed by atoms with Crippen LogP contribution >= 0.6 is 0 Å². The van der Waals surface area contributed by atoms with Crippen LogP contribution in [0.3, 0.4) is 0 Å². The molecule has 2 aliphatic heterocycles. The predicted molar refractivity (Wildman–Crippen MR) is 192 cm³/mol. The van der Waals surface area contributed by atoms with Crippen molar-refractivity contribution in [1.82, 2.24) is 20.4 Å². The van der Waals surface area contributed by atoms with Gasteiger partial charge in [-0.25, -0.2) is 14.5 Å². The van der Waals surface area contributed by atoms with E-state index < -0.39 is 66.2 Å². The van der Waals surface area contributed by atoms with Crippen LogP contribution in [0.25, 0.3) is 0 Å². The Labute approximate surface area is 308 Å². The van der Waals surface area contributed by atoms with Crippen molar-refractivity contribution in [2.24, 2.45) is 5.92 Å². The summed E-state index contributed by atoms with van der Waals surface area (Å²) < 4.78 is 10.6. The summed E-state index contributed by atoms with van der Waals surface area (Å²) in [5.41, 5.74) is 3.47. The fourth-order valence-corrected chi connectivity index (χ4v) is 6.20. The quantitative estimate of drug-likeness (QED) is 0.119. The molecular weight excluding hydrogens is 680 g/mol. The van der Waals surface area contributed by atoms with Gasteiger partial charge in [-0.15, -0.1) is 0 Å². The standard InChI is InChI=1S/C40H44N4O9/c1-24(2)33(42-39(51)52-22-25-10-7-6-8-11-25)38(50)53-23-44-32(45)19-18-31(37(44)49)43-21-30-27(12-9-13-29(30)36(43)48)20-41-35(47)34(46)26-14-16-28(17-15-26)40(3,4)5/h6-17,24,31,33H,18-23H2,1-5H3,(H,41,47)(H,42,51)/t31?,33-/m1/s1. The van der Waals surface area contributed by atoms with E-state index in [4.69, 9.17) is 9.47 Å². The van der Waals surface area contributed by atoms with Crippen LogP contribution in [0.1, 0.15) is 90.4 Å². The van der Waals surface area contributed by atoms with Gasteiger partial charge in [-0.2, -0.15) is 0 Å². The lowest BCUT2D eigenvalue weighted by Crippen LogP contribution is -2.55. The molecule has 2 aliphatic rings. The number of alkyl carbamates (subject to hydrolysis) is 1. The Balaban J connectivity index is 1.18. The van der Waals surface area contributed by atoms with Gasteiger partial charge in [-0.05, 0) is 46.1 Å². The van der Waals surface area contributed by atoms with E-state index in [1.807, 2.05) is 18.2 Å². The van der Waals surface area contributed by atoms with Crippen molar-refractivity contribution >= 4 is 41.5 Å². The van der Waals surface area contributed by atoms with Crippen LogP contribution in [-0.4, -0.2) is 70.1 Å². The summed E-state index contributed by atoms with van der Waals surface area (Å²) in [7, 11) is 0. The van der Waals surface area contributed by atoms with Crippen molar-refractivity contribution in [3.8, 4) is 0 Å². The fourth-order valence-electron chi connectivity index (χ4n) is 6.20. The minimum atomic E-state index is -1.12. The molecule has 278 valence electrons. The highest BCUT2D eigenvalue weighted by Gasteiger charge is 2.44. The number of benzene rings is 3. The van der Waals surface area contributed by atoms with E-state index in [9.17, 15) is 33.6 Å². The topological polar surface area (TPSA) is 168 Å². The number of ether oxygens (including phenoxy) is 2. The van der Waals surface area contributed by atoms with Crippen LogP contribution in [0.4, 0.5) is 4.79 Å². The van der Waals surface area contributed by atoms with Crippen LogP contribution in [-0.2, 0) is 53.8 Å². The maximum absolute atomic E-state index is 13.7. The van der Waals surface area contributed by atoms with Crippen LogP contribution < -0.4 is 10.6 Å². The number of Topliss-reactive ketones (excluding diaryl/α,β-unsaturated/α-hetero) is 1. The largest absolute Gasteiger partial charge is 0.445 e. The molecule has 0 bridgehead atoms. The number of carbonyl (C=O) groups excluding carboxylic acids is 7. The molecule has 0 aliphatic carbocycles. The highest BCUT2D eigenvalue weighted by atomic mass is 16.6. The van der Waals surface area contributed by atoms with Crippen molar-refractivity contribution < 1.29 is 43.0 Å². The lowest BCUT2D eigenvalue weighted by atomic mass is 9.86. The zero-order valence-corrected chi connectivity index (χ0v) is 30.5. The van der Waals surface area contributed by atoms with Gasteiger partial charge in [-0.1, -0.05) is 101 Å². The summed E-state index contributed by atoms with van der Waals surface area (Å²) in [4.78, 5) is 93.4. The van der Waals surface area contributed by atoms with Crippen molar-refractivity contribution in [3.63, 3.8) is 0 Å². The Kier molecular flexibility index (Phi) is 11.7. The molecule has 2 atom stereocenters. The van der Waals surface area contributed by atoms with Crippen LogP contribution in [0, 0.1) is 5.92 Å².